The minimum absolute atomic E-state index is 0.0552. The Bertz CT molecular complexity index is 1910. The SMILES string of the molecule is COc1nccc2c(C(Nc3cc(Cl)c4ncc(C#N)c(NCC(C)(C)C)c4c3)c3cn(C4(C(F)F)CC4)nn3)cccc12. The fourth-order valence-electron chi connectivity index (χ4n) is 5.37. The maximum absolute atomic E-state index is 14.0. The molecule has 44 heavy (non-hydrogen) atoms. The number of benzene rings is 2. The van der Waals surface area contributed by atoms with E-state index < -0.39 is 18.0 Å². The summed E-state index contributed by atoms with van der Waals surface area (Å²) in [6.07, 6.45) is 2.87. The third kappa shape index (κ3) is 5.35. The number of nitrogens with one attached hydrogen (secondary N) is 2. The van der Waals surface area contributed by atoms with Crippen LogP contribution in [0.25, 0.3) is 21.7 Å². The molecule has 0 amide bonds. The van der Waals surface area contributed by atoms with Crippen LogP contribution in [-0.2, 0) is 5.54 Å². The van der Waals surface area contributed by atoms with E-state index in [2.05, 4.69) is 57.8 Å². The summed E-state index contributed by atoms with van der Waals surface area (Å²) in [6.45, 7) is 6.91. The van der Waals surface area contributed by atoms with E-state index in [0.717, 1.165) is 16.3 Å². The van der Waals surface area contributed by atoms with Crippen LogP contribution in [0.3, 0.4) is 0 Å². The van der Waals surface area contributed by atoms with Crippen LogP contribution in [0.4, 0.5) is 20.2 Å². The van der Waals surface area contributed by atoms with Crippen molar-refractivity contribution in [2.45, 2.75) is 51.6 Å². The molecule has 1 atom stereocenters. The minimum atomic E-state index is -2.56. The van der Waals surface area contributed by atoms with Crippen molar-refractivity contribution in [1.29, 1.82) is 5.26 Å². The fourth-order valence-corrected chi connectivity index (χ4v) is 5.64. The van der Waals surface area contributed by atoms with Gasteiger partial charge in [-0.05, 0) is 53.5 Å². The molecule has 2 aromatic carbocycles. The van der Waals surface area contributed by atoms with Crippen molar-refractivity contribution in [2.75, 3.05) is 24.3 Å². The molecule has 1 unspecified atom stereocenters. The molecule has 0 radical (unpaired) electrons. The lowest BCUT2D eigenvalue weighted by Gasteiger charge is -2.23. The molecule has 3 aromatic heterocycles. The smallest absolute Gasteiger partial charge is 0.263 e. The number of hydrogen-bond acceptors (Lipinski definition) is 8. The number of fused-ring (bicyclic) bond motifs is 2. The van der Waals surface area contributed by atoms with Gasteiger partial charge in [0.05, 0.1) is 41.1 Å². The molecule has 1 aliphatic carbocycles. The van der Waals surface area contributed by atoms with E-state index in [1.165, 1.54) is 10.9 Å². The minimum Gasteiger partial charge on any atom is -0.481 e. The van der Waals surface area contributed by atoms with Crippen molar-refractivity contribution in [3.05, 3.63) is 76.8 Å². The van der Waals surface area contributed by atoms with E-state index in [9.17, 15) is 14.0 Å². The van der Waals surface area contributed by atoms with Gasteiger partial charge in [0.1, 0.15) is 17.3 Å². The number of nitrogens with zero attached hydrogens (tertiary/aromatic N) is 6. The Morgan fingerprint density at radius 1 is 1.14 bits per heavy atom. The highest BCUT2D eigenvalue weighted by molar-refractivity contribution is 6.35. The lowest BCUT2D eigenvalue weighted by atomic mass is 9.96. The quantitative estimate of drug-likeness (QED) is 0.177. The highest BCUT2D eigenvalue weighted by Gasteiger charge is 2.54. The number of anilines is 2. The Kier molecular flexibility index (Phi) is 7.49. The van der Waals surface area contributed by atoms with Crippen LogP contribution < -0.4 is 15.4 Å². The van der Waals surface area contributed by atoms with Gasteiger partial charge in [0, 0.05) is 35.4 Å². The summed E-state index contributed by atoms with van der Waals surface area (Å²) in [5, 5.41) is 28.1. The first-order chi connectivity index (χ1) is 21.0. The molecule has 0 saturated heterocycles. The van der Waals surface area contributed by atoms with Gasteiger partial charge in [0.25, 0.3) is 6.43 Å². The molecule has 0 aliphatic heterocycles. The van der Waals surface area contributed by atoms with Gasteiger partial charge in [-0.2, -0.15) is 5.26 Å². The number of aromatic nitrogens is 5. The van der Waals surface area contributed by atoms with Crippen LogP contribution in [-0.4, -0.2) is 45.0 Å². The molecular weight excluding hydrogens is 586 g/mol. The number of pyridine rings is 2. The molecule has 1 saturated carbocycles. The van der Waals surface area contributed by atoms with Gasteiger partial charge in [-0.15, -0.1) is 5.10 Å². The molecular formula is C32H31ClF2N8O. The van der Waals surface area contributed by atoms with Gasteiger partial charge >= 0.3 is 0 Å². The van der Waals surface area contributed by atoms with Crippen LogP contribution in [0.5, 0.6) is 5.88 Å². The topological polar surface area (TPSA) is 114 Å². The van der Waals surface area contributed by atoms with Crippen molar-refractivity contribution >= 4 is 44.7 Å². The lowest BCUT2D eigenvalue weighted by Crippen LogP contribution is -2.26. The fraction of sp³-hybridized carbons (Fsp3) is 0.344. The third-order valence-electron chi connectivity index (χ3n) is 7.89. The predicted octanol–water partition coefficient (Wildman–Crippen LogP) is 7.32. The van der Waals surface area contributed by atoms with Crippen molar-refractivity contribution < 1.29 is 13.5 Å². The summed E-state index contributed by atoms with van der Waals surface area (Å²) < 4.78 is 34.8. The average molecular weight is 617 g/mol. The molecule has 0 spiro atoms. The molecule has 9 nitrogen and oxygen atoms in total. The summed E-state index contributed by atoms with van der Waals surface area (Å²) in [6, 6.07) is 12.8. The molecule has 3 heterocycles. The van der Waals surface area contributed by atoms with Gasteiger partial charge in [-0.3, -0.25) is 4.98 Å². The molecule has 6 rings (SSSR count). The van der Waals surface area contributed by atoms with Crippen molar-refractivity contribution in [2.24, 2.45) is 5.41 Å². The second kappa shape index (κ2) is 11.2. The number of ether oxygens (including phenoxy) is 1. The standard InChI is InChI=1S/C32H31ClF2N8O/c1-31(2,3)17-39-26-18(14-36)15-38-27-23(26)12-19(13-24(27)33)40-28(25-16-43(42-41-25)32(9-10-32)30(34)35)21-6-5-7-22-20(21)8-11-37-29(22)44-4/h5-8,11-13,15-16,28,30,40H,9-10,17H2,1-4H3,(H,38,39). The van der Waals surface area contributed by atoms with Gasteiger partial charge in [-0.1, -0.05) is 49.7 Å². The maximum atomic E-state index is 14.0. The first-order valence-corrected chi connectivity index (χ1v) is 14.6. The third-order valence-corrected chi connectivity index (χ3v) is 8.18. The van der Waals surface area contributed by atoms with Crippen LogP contribution in [0.2, 0.25) is 5.02 Å². The summed E-state index contributed by atoms with van der Waals surface area (Å²) in [5.74, 6) is 0.458. The molecule has 12 heteroatoms. The van der Waals surface area contributed by atoms with E-state index in [-0.39, 0.29) is 5.41 Å². The average Bonchev–Trinajstić information content (AvgIpc) is 3.67. The Balaban J connectivity index is 1.50. The first-order valence-electron chi connectivity index (χ1n) is 14.2. The highest BCUT2D eigenvalue weighted by Crippen LogP contribution is 2.48. The maximum Gasteiger partial charge on any atom is 0.263 e. The normalized spacial score (nSPS) is 14.9. The van der Waals surface area contributed by atoms with Crippen molar-refractivity contribution in [3.63, 3.8) is 0 Å². The molecule has 1 fully saturated rings. The molecule has 2 N–H and O–H groups in total. The van der Waals surface area contributed by atoms with E-state index in [1.807, 2.05) is 30.3 Å². The number of methoxy groups -OCH3 is 1. The van der Waals surface area contributed by atoms with Crippen LogP contribution >= 0.6 is 11.6 Å². The highest BCUT2D eigenvalue weighted by atomic mass is 35.5. The first kappa shape index (κ1) is 29.5. The van der Waals surface area contributed by atoms with Crippen LogP contribution in [0, 0.1) is 16.7 Å². The number of nitriles is 1. The van der Waals surface area contributed by atoms with Crippen LogP contribution in [0.1, 0.15) is 56.5 Å². The van der Waals surface area contributed by atoms with Crippen molar-refractivity contribution in [1.82, 2.24) is 25.0 Å². The van der Waals surface area contributed by atoms with Gasteiger partial charge < -0.3 is 15.4 Å². The summed E-state index contributed by atoms with van der Waals surface area (Å²) in [7, 11) is 1.56. The molecule has 5 aromatic rings. The number of rotatable bonds is 9. The van der Waals surface area contributed by atoms with Gasteiger partial charge in [0.15, 0.2) is 0 Å². The van der Waals surface area contributed by atoms with E-state index >= 15 is 0 Å². The zero-order valence-corrected chi connectivity index (χ0v) is 25.5. The molecule has 226 valence electrons. The largest absolute Gasteiger partial charge is 0.481 e. The van der Waals surface area contributed by atoms with E-state index in [1.54, 1.807) is 25.6 Å². The van der Waals surface area contributed by atoms with E-state index in [4.69, 9.17) is 16.3 Å². The Morgan fingerprint density at radius 3 is 2.61 bits per heavy atom. The van der Waals surface area contributed by atoms with Gasteiger partial charge in [-0.25, -0.2) is 18.4 Å². The van der Waals surface area contributed by atoms with E-state index in [0.29, 0.717) is 63.8 Å². The monoisotopic (exact) mass is 616 g/mol. The Hall–Kier alpha value is -4.56. The number of halogens is 3. The molecule has 1 aliphatic rings. The Labute approximate surface area is 258 Å². The summed E-state index contributed by atoms with van der Waals surface area (Å²) >= 11 is 6.78. The predicted molar refractivity (Wildman–Crippen MR) is 166 cm³/mol. The second-order valence-electron chi connectivity index (χ2n) is 12.3. The number of alkyl halides is 2. The summed E-state index contributed by atoms with van der Waals surface area (Å²) in [4.78, 5) is 8.80. The zero-order chi connectivity index (χ0) is 31.2. The lowest BCUT2D eigenvalue weighted by molar-refractivity contribution is 0.0593. The molecule has 0 bridgehead atoms. The summed E-state index contributed by atoms with van der Waals surface area (Å²) in [5.41, 5.74) is 2.06. The van der Waals surface area contributed by atoms with Gasteiger partial charge in [0.2, 0.25) is 5.88 Å². The second-order valence-corrected chi connectivity index (χ2v) is 12.7. The Morgan fingerprint density at radius 2 is 1.93 bits per heavy atom. The zero-order valence-electron chi connectivity index (χ0n) is 24.7. The van der Waals surface area contributed by atoms with Crippen molar-refractivity contribution in [3.8, 4) is 11.9 Å². The number of hydrogen-bond donors (Lipinski definition) is 2. The van der Waals surface area contributed by atoms with Crippen LogP contribution in [0.15, 0.2) is 55.0 Å².